The molecule has 0 aliphatic heterocycles. The molecule has 1 amide bonds. The van der Waals surface area contributed by atoms with Gasteiger partial charge in [-0.1, -0.05) is 12.1 Å². The first-order chi connectivity index (χ1) is 13.2. The van der Waals surface area contributed by atoms with E-state index in [2.05, 4.69) is 5.32 Å². The second kappa shape index (κ2) is 9.95. The van der Waals surface area contributed by atoms with E-state index in [4.69, 9.17) is 4.74 Å². The summed E-state index contributed by atoms with van der Waals surface area (Å²) in [5, 5.41) is 2.74. The number of rotatable bonds is 9. The number of hydrogen-bond acceptors (Lipinski definition) is 5. The van der Waals surface area contributed by atoms with Crippen molar-refractivity contribution >= 4 is 27.7 Å². The van der Waals surface area contributed by atoms with Crippen LogP contribution in [-0.2, 0) is 21.4 Å². The third-order valence-corrected chi connectivity index (χ3v) is 6.48. The molecule has 0 heterocycles. The lowest BCUT2D eigenvalue weighted by atomic mass is 10.2. The minimum Gasteiger partial charge on any atom is -0.491 e. The van der Waals surface area contributed by atoms with Gasteiger partial charge >= 0.3 is 0 Å². The number of amides is 1. The zero-order chi connectivity index (χ0) is 20.7. The third-order valence-electron chi connectivity index (χ3n) is 3.92. The fraction of sp³-hybridized carbons (Fsp3) is 0.350. The molecule has 0 spiro atoms. The highest BCUT2D eigenvalue weighted by Crippen LogP contribution is 2.20. The smallest absolute Gasteiger partial charge is 0.243 e. The zero-order valence-corrected chi connectivity index (χ0v) is 18.1. The maximum Gasteiger partial charge on any atom is 0.243 e. The van der Waals surface area contributed by atoms with E-state index in [0.717, 1.165) is 20.5 Å². The number of nitrogens with one attached hydrogen (secondary N) is 1. The Hall–Kier alpha value is -2.03. The molecule has 152 valence electrons. The van der Waals surface area contributed by atoms with Gasteiger partial charge in [0.1, 0.15) is 5.75 Å². The van der Waals surface area contributed by atoms with Crippen molar-refractivity contribution in [2.24, 2.45) is 0 Å². The molecule has 2 aromatic rings. The quantitative estimate of drug-likeness (QED) is 0.629. The van der Waals surface area contributed by atoms with Crippen LogP contribution in [-0.4, -0.2) is 44.6 Å². The summed E-state index contributed by atoms with van der Waals surface area (Å²) in [5.41, 5.74) is 0.905. The number of carbonyl (C=O) groups is 1. The van der Waals surface area contributed by atoms with E-state index in [9.17, 15) is 13.2 Å². The molecule has 2 rings (SSSR count). The second-order valence-corrected chi connectivity index (χ2v) is 9.45. The van der Waals surface area contributed by atoms with Gasteiger partial charge in [0.2, 0.25) is 15.9 Å². The molecule has 0 unspecified atom stereocenters. The van der Waals surface area contributed by atoms with Gasteiger partial charge < -0.3 is 10.1 Å². The molecule has 6 nitrogen and oxygen atoms in total. The molecule has 0 bridgehead atoms. The largest absolute Gasteiger partial charge is 0.491 e. The van der Waals surface area contributed by atoms with Crippen LogP contribution in [0.4, 0.5) is 0 Å². The summed E-state index contributed by atoms with van der Waals surface area (Å²) >= 11 is 1.53. The summed E-state index contributed by atoms with van der Waals surface area (Å²) < 4.78 is 31.8. The van der Waals surface area contributed by atoms with Crippen LogP contribution < -0.4 is 10.1 Å². The fourth-order valence-electron chi connectivity index (χ4n) is 2.43. The Bertz CT molecular complexity index is 879. The SMILES string of the molecule is CSc1ccc(S(=O)(=O)N(C)CC(=O)NCc2ccc(OC(C)C)cc2)cc1. The monoisotopic (exact) mass is 422 g/mol. The van der Waals surface area contributed by atoms with E-state index in [1.165, 1.54) is 18.8 Å². The fourth-order valence-corrected chi connectivity index (χ4v) is 3.96. The molecular formula is C20H26N2O4S2. The molecule has 8 heteroatoms. The number of thioether (sulfide) groups is 1. The minimum atomic E-state index is -3.71. The summed E-state index contributed by atoms with van der Waals surface area (Å²) in [6, 6.07) is 14.0. The van der Waals surface area contributed by atoms with Crippen LogP contribution >= 0.6 is 11.8 Å². The van der Waals surface area contributed by atoms with Gasteiger partial charge in [0, 0.05) is 18.5 Å². The summed E-state index contributed by atoms with van der Waals surface area (Å²) in [5.74, 6) is 0.401. The van der Waals surface area contributed by atoms with Crippen molar-refractivity contribution < 1.29 is 17.9 Å². The average Bonchev–Trinajstić information content (AvgIpc) is 2.67. The summed E-state index contributed by atoms with van der Waals surface area (Å²) in [7, 11) is -2.31. The maximum absolute atomic E-state index is 12.6. The van der Waals surface area contributed by atoms with Gasteiger partial charge in [0.05, 0.1) is 17.5 Å². The summed E-state index contributed by atoms with van der Waals surface area (Å²) in [6.45, 7) is 3.98. The van der Waals surface area contributed by atoms with Gasteiger partial charge in [-0.3, -0.25) is 4.79 Å². The van der Waals surface area contributed by atoms with Crippen molar-refractivity contribution in [2.75, 3.05) is 19.8 Å². The number of likely N-dealkylation sites (N-methyl/N-ethyl adjacent to an activating group) is 1. The van der Waals surface area contributed by atoms with Crippen LogP contribution in [0.15, 0.2) is 58.3 Å². The van der Waals surface area contributed by atoms with Crippen LogP contribution in [0.1, 0.15) is 19.4 Å². The van der Waals surface area contributed by atoms with Crippen LogP contribution in [0, 0.1) is 0 Å². The van der Waals surface area contributed by atoms with Gasteiger partial charge in [-0.25, -0.2) is 8.42 Å². The molecule has 0 radical (unpaired) electrons. The molecular weight excluding hydrogens is 396 g/mol. The highest BCUT2D eigenvalue weighted by Gasteiger charge is 2.22. The first-order valence-electron chi connectivity index (χ1n) is 8.85. The molecule has 0 aliphatic carbocycles. The van der Waals surface area contributed by atoms with Crippen molar-refractivity contribution in [3.05, 3.63) is 54.1 Å². The number of ether oxygens (including phenoxy) is 1. The van der Waals surface area contributed by atoms with Crippen molar-refractivity contribution in [1.82, 2.24) is 9.62 Å². The Labute approximate surface area is 171 Å². The lowest BCUT2D eigenvalue weighted by Crippen LogP contribution is -2.38. The van der Waals surface area contributed by atoms with E-state index in [1.807, 2.05) is 44.4 Å². The molecule has 0 aliphatic rings. The Balaban J connectivity index is 1.90. The zero-order valence-electron chi connectivity index (χ0n) is 16.5. The van der Waals surface area contributed by atoms with Crippen LogP contribution in [0.3, 0.4) is 0 Å². The van der Waals surface area contributed by atoms with Crippen LogP contribution in [0.2, 0.25) is 0 Å². The molecule has 0 aromatic heterocycles. The third kappa shape index (κ3) is 6.25. The number of hydrogen-bond donors (Lipinski definition) is 1. The number of benzene rings is 2. The lowest BCUT2D eigenvalue weighted by Gasteiger charge is -2.17. The van der Waals surface area contributed by atoms with E-state index in [0.29, 0.717) is 6.54 Å². The van der Waals surface area contributed by atoms with Crippen LogP contribution in [0.25, 0.3) is 0 Å². The van der Waals surface area contributed by atoms with E-state index >= 15 is 0 Å². The van der Waals surface area contributed by atoms with Crippen LogP contribution in [0.5, 0.6) is 5.75 Å². The number of sulfonamides is 1. The highest BCUT2D eigenvalue weighted by atomic mass is 32.2. The van der Waals surface area contributed by atoms with Crippen molar-refractivity contribution in [2.45, 2.75) is 36.3 Å². The lowest BCUT2D eigenvalue weighted by molar-refractivity contribution is -0.121. The normalized spacial score (nSPS) is 11.6. The molecule has 0 atom stereocenters. The molecule has 1 N–H and O–H groups in total. The molecule has 0 fully saturated rings. The first kappa shape index (κ1) is 22.3. The Morgan fingerprint density at radius 2 is 1.71 bits per heavy atom. The topological polar surface area (TPSA) is 75.7 Å². The Kier molecular flexibility index (Phi) is 7.91. The Morgan fingerprint density at radius 3 is 2.25 bits per heavy atom. The van der Waals surface area contributed by atoms with Gasteiger partial charge in [0.15, 0.2) is 0 Å². The van der Waals surface area contributed by atoms with E-state index in [-0.39, 0.29) is 23.5 Å². The predicted molar refractivity (Wildman–Crippen MR) is 112 cm³/mol. The van der Waals surface area contributed by atoms with Crippen molar-refractivity contribution in [3.8, 4) is 5.75 Å². The maximum atomic E-state index is 12.6. The molecule has 0 saturated carbocycles. The highest BCUT2D eigenvalue weighted by molar-refractivity contribution is 7.98. The van der Waals surface area contributed by atoms with Crippen molar-refractivity contribution in [1.29, 1.82) is 0 Å². The molecule has 28 heavy (non-hydrogen) atoms. The number of nitrogens with zero attached hydrogens (tertiary/aromatic N) is 1. The average molecular weight is 423 g/mol. The summed E-state index contributed by atoms with van der Waals surface area (Å²) in [4.78, 5) is 13.3. The van der Waals surface area contributed by atoms with Gasteiger partial charge in [-0.05, 0) is 62.1 Å². The molecule has 2 aromatic carbocycles. The standard InChI is InChI=1S/C20H26N2O4S2/c1-15(2)26-17-7-5-16(6-8-17)13-21-20(23)14-22(3)28(24,25)19-11-9-18(27-4)10-12-19/h5-12,15H,13-14H2,1-4H3,(H,21,23). The molecule has 0 saturated heterocycles. The summed E-state index contributed by atoms with van der Waals surface area (Å²) in [6.07, 6.45) is 2.02. The second-order valence-electron chi connectivity index (χ2n) is 6.52. The van der Waals surface area contributed by atoms with Gasteiger partial charge in [-0.2, -0.15) is 4.31 Å². The van der Waals surface area contributed by atoms with Crippen molar-refractivity contribution in [3.63, 3.8) is 0 Å². The predicted octanol–water partition coefficient (Wildman–Crippen LogP) is 3.13. The number of carbonyl (C=O) groups excluding carboxylic acids is 1. The minimum absolute atomic E-state index is 0.0972. The Morgan fingerprint density at radius 1 is 1.11 bits per heavy atom. The van der Waals surface area contributed by atoms with Gasteiger partial charge in [-0.15, -0.1) is 11.8 Å². The van der Waals surface area contributed by atoms with E-state index < -0.39 is 10.0 Å². The van der Waals surface area contributed by atoms with Gasteiger partial charge in [0.25, 0.3) is 0 Å². The first-order valence-corrected chi connectivity index (χ1v) is 11.5. The van der Waals surface area contributed by atoms with E-state index in [1.54, 1.807) is 24.3 Å².